The maximum atomic E-state index is 2.25. The van der Waals surface area contributed by atoms with Crippen molar-refractivity contribution < 1.29 is 0 Å². The Bertz CT molecular complexity index is 206. The molecule has 0 N–H and O–H groups in total. The first-order chi connectivity index (χ1) is 5.88. The first-order valence-corrected chi connectivity index (χ1v) is 5.59. The Kier molecular flexibility index (Phi) is 4.23. The van der Waals surface area contributed by atoms with Gasteiger partial charge in [0, 0.05) is 5.25 Å². The van der Waals surface area contributed by atoms with Gasteiger partial charge in [-0.2, -0.15) is 11.8 Å². The molecule has 0 bridgehead atoms. The largest absolute Gasteiger partial charge is 0.154 e. The summed E-state index contributed by atoms with van der Waals surface area (Å²) in [6.45, 7) is 4.47. The fourth-order valence-corrected chi connectivity index (χ4v) is 2.31. The highest BCUT2D eigenvalue weighted by Gasteiger charge is 2.06. The monoisotopic (exact) mass is 180 g/mol. The van der Waals surface area contributed by atoms with Gasteiger partial charge in [-0.05, 0) is 17.7 Å². The molecule has 1 aromatic rings. The van der Waals surface area contributed by atoms with Crippen molar-refractivity contribution in [2.75, 3.05) is 5.75 Å². The fraction of sp³-hybridized carbons (Fsp3) is 0.455. The molecule has 1 heteroatoms. The van der Waals surface area contributed by atoms with Crippen molar-refractivity contribution in [2.24, 2.45) is 0 Å². The summed E-state index contributed by atoms with van der Waals surface area (Å²) in [7, 11) is 0. The third-order valence-corrected chi connectivity index (χ3v) is 3.25. The van der Waals surface area contributed by atoms with Crippen LogP contribution in [0.1, 0.15) is 31.1 Å². The average molecular weight is 180 g/mol. The van der Waals surface area contributed by atoms with Crippen molar-refractivity contribution in [3.63, 3.8) is 0 Å². The van der Waals surface area contributed by atoms with E-state index >= 15 is 0 Å². The SMILES string of the molecule is CCSC(CC)c1ccccc1. The highest BCUT2D eigenvalue weighted by atomic mass is 32.2. The molecule has 1 rings (SSSR count). The zero-order valence-electron chi connectivity index (χ0n) is 7.79. The lowest BCUT2D eigenvalue weighted by molar-refractivity contribution is 0.895. The summed E-state index contributed by atoms with van der Waals surface area (Å²) in [5, 5.41) is 0.691. The first kappa shape index (κ1) is 9.66. The van der Waals surface area contributed by atoms with Crippen molar-refractivity contribution in [3.8, 4) is 0 Å². The number of benzene rings is 1. The van der Waals surface area contributed by atoms with Crippen LogP contribution in [-0.4, -0.2) is 5.75 Å². The Labute approximate surface area is 79.4 Å². The Hall–Kier alpha value is -0.430. The van der Waals surface area contributed by atoms with E-state index in [-0.39, 0.29) is 0 Å². The van der Waals surface area contributed by atoms with Crippen LogP contribution in [0.2, 0.25) is 0 Å². The van der Waals surface area contributed by atoms with Crippen LogP contribution in [0.5, 0.6) is 0 Å². The number of hydrogen-bond donors (Lipinski definition) is 0. The van der Waals surface area contributed by atoms with E-state index in [0.29, 0.717) is 5.25 Å². The minimum absolute atomic E-state index is 0.691. The predicted octanol–water partition coefficient (Wildman–Crippen LogP) is 3.89. The lowest BCUT2D eigenvalue weighted by Gasteiger charge is -2.12. The molecule has 0 amide bonds. The minimum Gasteiger partial charge on any atom is -0.154 e. The van der Waals surface area contributed by atoms with Crippen molar-refractivity contribution in [3.05, 3.63) is 35.9 Å². The van der Waals surface area contributed by atoms with Crippen molar-refractivity contribution in [1.29, 1.82) is 0 Å². The van der Waals surface area contributed by atoms with Crippen LogP contribution in [0.25, 0.3) is 0 Å². The molecule has 1 atom stereocenters. The molecule has 0 aliphatic rings. The van der Waals surface area contributed by atoms with E-state index in [0.717, 1.165) is 0 Å². The lowest BCUT2D eigenvalue weighted by atomic mass is 10.1. The summed E-state index contributed by atoms with van der Waals surface area (Å²) in [6, 6.07) is 10.8. The average Bonchev–Trinajstić information content (AvgIpc) is 2.15. The first-order valence-electron chi connectivity index (χ1n) is 4.55. The lowest BCUT2D eigenvalue weighted by Crippen LogP contribution is -1.91. The topological polar surface area (TPSA) is 0 Å². The van der Waals surface area contributed by atoms with Gasteiger partial charge in [-0.3, -0.25) is 0 Å². The van der Waals surface area contributed by atoms with Crippen molar-refractivity contribution >= 4 is 11.8 Å². The van der Waals surface area contributed by atoms with Crippen LogP contribution in [0.3, 0.4) is 0 Å². The van der Waals surface area contributed by atoms with Crippen LogP contribution >= 0.6 is 11.8 Å². The third-order valence-electron chi connectivity index (χ3n) is 1.91. The van der Waals surface area contributed by atoms with E-state index in [2.05, 4.69) is 44.2 Å². The van der Waals surface area contributed by atoms with Crippen molar-refractivity contribution in [1.82, 2.24) is 0 Å². The fourth-order valence-electron chi connectivity index (χ4n) is 1.32. The Morgan fingerprint density at radius 1 is 1.17 bits per heavy atom. The van der Waals surface area contributed by atoms with Crippen LogP contribution in [-0.2, 0) is 0 Å². The van der Waals surface area contributed by atoms with Crippen molar-refractivity contribution in [2.45, 2.75) is 25.5 Å². The van der Waals surface area contributed by atoms with Crippen LogP contribution in [0.15, 0.2) is 30.3 Å². The van der Waals surface area contributed by atoms with Gasteiger partial charge in [0.1, 0.15) is 0 Å². The van der Waals surface area contributed by atoms with Crippen LogP contribution in [0.4, 0.5) is 0 Å². The molecule has 0 spiro atoms. The second-order valence-corrected chi connectivity index (χ2v) is 4.24. The second kappa shape index (κ2) is 5.26. The van der Waals surface area contributed by atoms with E-state index in [4.69, 9.17) is 0 Å². The molecule has 1 aromatic carbocycles. The summed E-state index contributed by atoms with van der Waals surface area (Å²) in [6.07, 6.45) is 1.22. The molecule has 0 saturated heterocycles. The van der Waals surface area contributed by atoms with Gasteiger partial charge in [0.25, 0.3) is 0 Å². The normalized spacial score (nSPS) is 12.8. The maximum Gasteiger partial charge on any atom is 0.0294 e. The smallest absolute Gasteiger partial charge is 0.0294 e. The second-order valence-electron chi connectivity index (χ2n) is 2.76. The van der Waals surface area contributed by atoms with E-state index in [9.17, 15) is 0 Å². The molecule has 0 aromatic heterocycles. The zero-order valence-corrected chi connectivity index (χ0v) is 8.60. The van der Waals surface area contributed by atoms with Gasteiger partial charge in [0.05, 0.1) is 0 Å². The molecule has 0 aliphatic heterocycles. The summed E-state index contributed by atoms with van der Waals surface area (Å²) in [5.74, 6) is 1.20. The standard InChI is InChI=1S/C11H16S/c1-3-11(12-4-2)10-8-6-5-7-9-10/h5-9,11H,3-4H2,1-2H3. The molecule has 0 fully saturated rings. The molecule has 0 aliphatic carbocycles. The quantitative estimate of drug-likeness (QED) is 0.677. The molecule has 1 unspecified atom stereocenters. The zero-order chi connectivity index (χ0) is 8.81. The van der Waals surface area contributed by atoms with Gasteiger partial charge < -0.3 is 0 Å². The molecule has 66 valence electrons. The number of thioether (sulfide) groups is 1. The Morgan fingerprint density at radius 3 is 2.33 bits per heavy atom. The van der Waals surface area contributed by atoms with Crippen LogP contribution < -0.4 is 0 Å². The minimum atomic E-state index is 0.691. The van der Waals surface area contributed by atoms with E-state index < -0.39 is 0 Å². The van der Waals surface area contributed by atoms with Gasteiger partial charge in [-0.1, -0.05) is 44.2 Å². The molecular formula is C11H16S. The summed E-state index contributed by atoms with van der Waals surface area (Å²) >= 11 is 2.03. The van der Waals surface area contributed by atoms with Gasteiger partial charge in [0.15, 0.2) is 0 Å². The molecule has 0 heterocycles. The highest BCUT2D eigenvalue weighted by molar-refractivity contribution is 7.99. The van der Waals surface area contributed by atoms with Gasteiger partial charge in [-0.15, -0.1) is 0 Å². The number of hydrogen-bond acceptors (Lipinski definition) is 1. The van der Waals surface area contributed by atoms with E-state index in [1.807, 2.05) is 11.8 Å². The predicted molar refractivity (Wildman–Crippen MR) is 57.6 cm³/mol. The third kappa shape index (κ3) is 2.56. The Balaban J connectivity index is 2.66. The van der Waals surface area contributed by atoms with E-state index in [1.54, 1.807) is 0 Å². The van der Waals surface area contributed by atoms with Gasteiger partial charge >= 0.3 is 0 Å². The summed E-state index contributed by atoms with van der Waals surface area (Å²) in [4.78, 5) is 0. The maximum absolute atomic E-state index is 2.25. The molecule has 12 heavy (non-hydrogen) atoms. The van der Waals surface area contributed by atoms with Crippen LogP contribution in [0, 0.1) is 0 Å². The molecule has 0 radical (unpaired) electrons. The van der Waals surface area contributed by atoms with Gasteiger partial charge in [0.2, 0.25) is 0 Å². The van der Waals surface area contributed by atoms with E-state index in [1.165, 1.54) is 17.7 Å². The highest BCUT2D eigenvalue weighted by Crippen LogP contribution is 2.30. The summed E-state index contributed by atoms with van der Waals surface area (Å²) < 4.78 is 0. The molecule has 0 saturated carbocycles. The molecular weight excluding hydrogens is 164 g/mol. The Morgan fingerprint density at radius 2 is 1.83 bits per heavy atom. The van der Waals surface area contributed by atoms with Gasteiger partial charge in [-0.25, -0.2) is 0 Å². The molecule has 0 nitrogen and oxygen atoms in total. The number of rotatable bonds is 4. The summed E-state index contributed by atoms with van der Waals surface area (Å²) in [5.41, 5.74) is 1.46.